The molecule has 4 aromatic rings. The molecule has 0 spiro atoms. The Kier molecular flexibility index (Phi) is 4.47. The monoisotopic (exact) mass is 440 g/mol. The van der Waals surface area contributed by atoms with Crippen LogP contribution < -0.4 is 4.74 Å². The summed E-state index contributed by atoms with van der Waals surface area (Å²) >= 11 is 0. The normalized spacial score (nSPS) is 20.8. The Morgan fingerprint density at radius 1 is 1.34 bits per heavy atom. The number of nitrogens with one attached hydrogen (secondary N) is 1. The van der Waals surface area contributed by atoms with Crippen molar-refractivity contribution in [2.75, 3.05) is 7.11 Å². The zero-order valence-corrected chi connectivity index (χ0v) is 17.8. The molecule has 1 fully saturated rings. The van der Waals surface area contributed by atoms with Crippen LogP contribution in [0.2, 0.25) is 0 Å². The molecule has 1 aromatic carbocycles. The van der Waals surface area contributed by atoms with Gasteiger partial charge < -0.3 is 14.4 Å². The Morgan fingerprint density at radius 2 is 2.09 bits per heavy atom. The molecule has 2 N–H and O–H groups in total. The highest BCUT2D eigenvalue weighted by atomic mass is 19.1. The Morgan fingerprint density at radius 3 is 2.75 bits per heavy atom. The minimum atomic E-state index is -2.23. The number of alkyl halides is 1. The first kappa shape index (κ1) is 20.4. The van der Waals surface area contributed by atoms with E-state index in [1.54, 1.807) is 18.3 Å². The Hall–Kier alpha value is -3.49. The third kappa shape index (κ3) is 2.87. The zero-order chi connectivity index (χ0) is 22.8. The van der Waals surface area contributed by atoms with Gasteiger partial charge in [-0.2, -0.15) is 5.10 Å². The van der Waals surface area contributed by atoms with Crippen molar-refractivity contribution in [2.45, 2.75) is 44.2 Å². The molecule has 7 nitrogen and oxygen atoms in total. The number of hydrogen-bond donors (Lipinski definition) is 2. The van der Waals surface area contributed by atoms with Gasteiger partial charge in [0.05, 0.1) is 24.3 Å². The van der Waals surface area contributed by atoms with Crippen molar-refractivity contribution in [3.63, 3.8) is 0 Å². The number of aromatic amines is 1. The molecule has 166 valence electrons. The quantitative estimate of drug-likeness (QED) is 0.463. The van der Waals surface area contributed by atoms with Gasteiger partial charge >= 0.3 is 5.97 Å². The Bertz CT molecular complexity index is 1370. The van der Waals surface area contributed by atoms with Crippen LogP contribution in [0.15, 0.2) is 30.5 Å². The molecule has 1 saturated carbocycles. The van der Waals surface area contributed by atoms with Gasteiger partial charge in [-0.05, 0) is 42.9 Å². The molecule has 1 aliphatic carbocycles. The first-order chi connectivity index (χ1) is 15.2. The third-order valence-electron chi connectivity index (χ3n) is 6.29. The van der Waals surface area contributed by atoms with E-state index in [4.69, 9.17) is 9.72 Å². The van der Waals surface area contributed by atoms with E-state index in [2.05, 4.69) is 10.2 Å². The summed E-state index contributed by atoms with van der Waals surface area (Å²) in [6.45, 7) is 4.03. The van der Waals surface area contributed by atoms with E-state index in [9.17, 15) is 18.7 Å². The molecule has 9 heteroatoms. The Labute approximate surface area is 182 Å². The third-order valence-corrected chi connectivity index (χ3v) is 6.29. The van der Waals surface area contributed by atoms with Crippen molar-refractivity contribution in [1.29, 1.82) is 0 Å². The number of aliphatic carboxylic acids is 1. The average Bonchev–Trinajstić information content (AvgIpc) is 3.31. The van der Waals surface area contributed by atoms with E-state index in [0.29, 0.717) is 16.9 Å². The molecule has 0 amide bonds. The number of fused-ring (bicyclic) bond motifs is 2. The van der Waals surface area contributed by atoms with E-state index < -0.39 is 17.5 Å². The lowest BCUT2D eigenvalue weighted by Gasteiger charge is -2.38. The van der Waals surface area contributed by atoms with Crippen LogP contribution in [0.4, 0.5) is 8.78 Å². The van der Waals surface area contributed by atoms with Crippen LogP contribution in [-0.4, -0.2) is 43.6 Å². The molecule has 0 bridgehead atoms. The lowest BCUT2D eigenvalue weighted by atomic mass is 9.68. The highest BCUT2D eigenvalue weighted by molar-refractivity contribution is 5.94. The predicted molar refractivity (Wildman–Crippen MR) is 115 cm³/mol. The van der Waals surface area contributed by atoms with E-state index in [1.807, 2.05) is 24.5 Å². The molecule has 0 saturated heterocycles. The van der Waals surface area contributed by atoms with Crippen molar-refractivity contribution in [2.24, 2.45) is 0 Å². The van der Waals surface area contributed by atoms with E-state index in [1.165, 1.54) is 13.2 Å². The fourth-order valence-corrected chi connectivity index (χ4v) is 4.75. The van der Waals surface area contributed by atoms with Gasteiger partial charge in [0.15, 0.2) is 17.2 Å². The lowest BCUT2D eigenvalue weighted by Crippen LogP contribution is -2.45. The summed E-state index contributed by atoms with van der Waals surface area (Å²) in [6.07, 6.45) is 1.44. The lowest BCUT2D eigenvalue weighted by molar-refractivity contribution is -0.158. The Balaban J connectivity index is 1.81. The van der Waals surface area contributed by atoms with Gasteiger partial charge in [-0.25, -0.2) is 18.6 Å². The average molecular weight is 440 g/mol. The molecule has 0 radical (unpaired) electrons. The number of carbonyl (C=O) groups is 1. The molecule has 0 unspecified atom stereocenters. The van der Waals surface area contributed by atoms with Crippen LogP contribution in [0.1, 0.15) is 49.8 Å². The maximum atomic E-state index is 14.7. The zero-order valence-electron chi connectivity index (χ0n) is 17.8. The number of aromatic nitrogens is 4. The molecule has 0 aliphatic heterocycles. The number of halogens is 2. The van der Waals surface area contributed by atoms with E-state index in [-0.39, 0.29) is 30.4 Å². The molecule has 5 rings (SSSR count). The fourth-order valence-electron chi connectivity index (χ4n) is 4.75. The predicted octanol–water partition coefficient (Wildman–Crippen LogP) is 4.84. The minimum absolute atomic E-state index is 0.00570. The summed E-state index contributed by atoms with van der Waals surface area (Å²) < 4.78 is 36.0. The molecule has 0 atom stereocenters. The van der Waals surface area contributed by atoms with Crippen molar-refractivity contribution < 1.29 is 23.4 Å². The number of ether oxygens (including phenoxy) is 1. The number of methoxy groups -OCH3 is 1. The largest absolute Gasteiger partial charge is 0.494 e. The van der Waals surface area contributed by atoms with Crippen LogP contribution >= 0.6 is 0 Å². The van der Waals surface area contributed by atoms with Crippen molar-refractivity contribution >= 4 is 28.0 Å². The minimum Gasteiger partial charge on any atom is -0.494 e. The van der Waals surface area contributed by atoms with Gasteiger partial charge in [0.2, 0.25) is 5.67 Å². The summed E-state index contributed by atoms with van der Waals surface area (Å²) in [7, 11) is 1.41. The van der Waals surface area contributed by atoms with E-state index >= 15 is 0 Å². The van der Waals surface area contributed by atoms with Crippen LogP contribution in [0.5, 0.6) is 5.75 Å². The van der Waals surface area contributed by atoms with Gasteiger partial charge in [-0.1, -0.05) is 13.8 Å². The summed E-state index contributed by atoms with van der Waals surface area (Å²) in [5, 5.41) is 17.0. The smallest absolute Gasteiger partial charge is 0.341 e. The standard InChI is InChI=1S/C23H22F2N4O3/c1-11(2)20-18(13-8-23(25,9-13)22(30)31)19-16(6-12-10-26-28-21(12)27-19)29(20)14-4-5-15(24)17(7-14)32-3/h4-7,10-11,13H,8-9H2,1-3H3,(H,30,31)(H,26,27,28). The molecule has 32 heavy (non-hydrogen) atoms. The number of rotatable bonds is 5. The van der Waals surface area contributed by atoms with Gasteiger partial charge in [-0.3, -0.25) is 5.10 Å². The highest BCUT2D eigenvalue weighted by Crippen LogP contribution is 2.52. The maximum absolute atomic E-state index is 14.7. The van der Waals surface area contributed by atoms with E-state index in [0.717, 1.165) is 22.2 Å². The summed E-state index contributed by atoms with van der Waals surface area (Å²) in [5.41, 5.74) is 2.17. The van der Waals surface area contributed by atoms with Crippen LogP contribution in [0, 0.1) is 5.82 Å². The number of carboxylic acids is 1. The highest BCUT2D eigenvalue weighted by Gasteiger charge is 2.53. The summed E-state index contributed by atoms with van der Waals surface area (Å²) in [5.74, 6) is -2.10. The van der Waals surface area contributed by atoms with Crippen molar-refractivity contribution in [1.82, 2.24) is 19.7 Å². The van der Waals surface area contributed by atoms with Crippen molar-refractivity contribution in [3.05, 3.63) is 47.5 Å². The number of hydrogen-bond acceptors (Lipinski definition) is 4. The second kappa shape index (κ2) is 7.01. The van der Waals surface area contributed by atoms with Gasteiger partial charge in [0.25, 0.3) is 0 Å². The number of carboxylic acid groups (broad SMARTS) is 1. The van der Waals surface area contributed by atoms with Crippen LogP contribution in [0.25, 0.3) is 27.8 Å². The molecular formula is C23H22F2N4O3. The molecule has 1 aliphatic rings. The second-order valence-corrected chi connectivity index (χ2v) is 8.65. The SMILES string of the molecule is COc1cc(-n2c(C(C)C)c(C3CC(F)(C(=O)O)C3)c3nc4[nH]ncc4cc32)ccc1F. The topological polar surface area (TPSA) is 93.0 Å². The second-order valence-electron chi connectivity index (χ2n) is 8.65. The van der Waals surface area contributed by atoms with Gasteiger partial charge in [0, 0.05) is 28.4 Å². The first-order valence-electron chi connectivity index (χ1n) is 10.4. The molecule has 3 aromatic heterocycles. The number of pyridine rings is 1. The summed E-state index contributed by atoms with van der Waals surface area (Å²) in [6, 6.07) is 6.55. The molecule has 3 heterocycles. The number of benzene rings is 1. The summed E-state index contributed by atoms with van der Waals surface area (Å²) in [4.78, 5) is 16.1. The number of H-pyrrole nitrogens is 1. The first-order valence-corrected chi connectivity index (χ1v) is 10.4. The van der Waals surface area contributed by atoms with Gasteiger partial charge in [0.1, 0.15) is 0 Å². The number of nitrogens with zero attached hydrogens (tertiary/aromatic N) is 3. The molecular weight excluding hydrogens is 418 g/mol. The van der Waals surface area contributed by atoms with Crippen LogP contribution in [0.3, 0.4) is 0 Å². The fraction of sp³-hybridized carbons (Fsp3) is 0.348. The van der Waals surface area contributed by atoms with Crippen LogP contribution in [-0.2, 0) is 4.79 Å². The van der Waals surface area contributed by atoms with Gasteiger partial charge in [-0.15, -0.1) is 0 Å². The van der Waals surface area contributed by atoms with Crippen molar-refractivity contribution in [3.8, 4) is 11.4 Å². The maximum Gasteiger partial charge on any atom is 0.341 e.